The summed E-state index contributed by atoms with van der Waals surface area (Å²) < 4.78 is 0. The molecular formula is C11H22N2. The maximum absolute atomic E-state index is 6.40. The fraction of sp³-hybridized carbons (Fsp3) is 1.00. The van der Waals surface area contributed by atoms with E-state index in [1.807, 2.05) is 0 Å². The summed E-state index contributed by atoms with van der Waals surface area (Å²) >= 11 is 0. The lowest BCUT2D eigenvalue weighted by Gasteiger charge is -2.51. The summed E-state index contributed by atoms with van der Waals surface area (Å²) in [6, 6.07) is 0. The van der Waals surface area contributed by atoms with Crippen LogP contribution < -0.4 is 5.73 Å². The summed E-state index contributed by atoms with van der Waals surface area (Å²) in [5.74, 6) is 1.64. The Bertz CT molecular complexity index is 185. The zero-order valence-corrected chi connectivity index (χ0v) is 8.92. The Morgan fingerprint density at radius 2 is 2.08 bits per heavy atom. The van der Waals surface area contributed by atoms with Crippen LogP contribution in [0.15, 0.2) is 0 Å². The van der Waals surface area contributed by atoms with E-state index >= 15 is 0 Å². The molecule has 2 N–H and O–H groups in total. The number of likely N-dealkylation sites (tertiary alicyclic amines) is 1. The molecule has 1 unspecified atom stereocenters. The fourth-order valence-corrected chi connectivity index (χ4v) is 3.21. The van der Waals surface area contributed by atoms with Gasteiger partial charge in [-0.05, 0) is 51.1 Å². The van der Waals surface area contributed by atoms with Gasteiger partial charge >= 0.3 is 0 Å². The van der Waals surface area contributed by atoms with Gasteiger partial charge in [-0.15, -0.1) is 0 Å². The van der Waals surface area contributed by atoms with Crippen molar-refractivity contribution in [1.82, 2.24) is 4.90 Å². The van der Waals surface area contributed by atoms with Crippen molar-refractivity contribution in [2.45, 2.75) is 38.1 Å². The summed E-state index contributed by atoms with van der Waals surface area (Å²) in [6.07, 6.45) is 5.21. The first-order chi connectivity index (χ1) is 6.10. The number of piperidine rings is 1. The van der Waals surface area contributed by atoms with Crippen LogP contribution in [0.3, 0.4) is 0 Å². The predicted molar refractivity (Wildman–Crippen MR) is 55.5 cm³/mol. The van der Waals surface area contributed by atoms with E-state index in [1.54, 1.807) is 0 Å². The predicted octanol–water partition coefficient (Wildman–Crippen LogP) is 1.46. The molecule has 2 rings (SSSR count). The standard InChI is InChI=1S/C11H22N2/c1-9-6-11(12,7-9)10-4-3-5-13(2)8-10/h9-10H,3-8,12H2,1-2H3. The van der Waals surface area contributed by atoms with Gasteiger partial charge in [-0.25, -0.2) is 0 Å². The van der Waals surface area contributed by atoms with Gasteiger partial charge in [0.25, 0.3) is 0 Å². The maximum atomic E-state index is 6.40. The molecular weight excluding hydrogens is 160 g/mol. The van der Waals surface area contributed by atoms with E-state index in [1.165, 1.54) is 38.8 Å². The number of hydrogen-bond donors (Lipinski definition) is 1. The monoisotopic (exact) mass is 182 g/mol. The summed E-state index contributed by atoms with van der Waals surface area (Å²) in [6.45, 7) is 4.81. The third-order valence-corrected chi connectivity index (χ3v) is 3.89. The molecule has 2 aliphatic rings. The van der Waals surface area contributed by atoms with Gasteiger partial charge in [-0.1, -0.05) is 6.92 Å². The van der Waals surface area contributed by atoms with E-state index in [4.69, 9.17) is 5.73 Å². The van der Waals surface area contributed by atoms with Crippen molar-refractivity contribution in [3.05, 3.63) is 0 Å². The Hall–Kier alpha value is -0.0800. The van der Waals surface area contributed by atoms with E-state index in [-0.39, 0.29) is 5.54 Å². The molecule has 0 aromatic rings. The summed E-state index contributed by atoms with van der Waals surface area (Å²) in [7, 11) is 2.22. The molecule has 76 valence electrons. The minimum atomic E-state index is 0.202. The lowest BCUT2D eigenvalue weighted by molar-refractivity contribution is 0.0458. The highest BCUT2D eigenvalue weighted by molar-refractivity contribution is 5.02. The topological polar surface area (TPSA) is 29.3 Å². The van der Waals surface area contributed by atoms with Gasteiger partial charge in [0, 0.05) is 12.1 Å². The number of rotatable bonds is 1. The molecule has 1 heterocycles. The van der Waals surface area contributed by atoms with Crippen molar-refractivity contribution in [1.29, 1.82) is 0 Å². The minimum absolute atomic E-state index is 0.202. The average molecular weight is 182 g/mol. The zero-order valence-electron chi connectivity index (χ0n) is 8.92. The van der Waals surface area contributed by atoms with Crippen molar-refractivity contribution in [3.63, 3.8) is 0 Å². The minimum Gasteiger partial charge on any atom is -0.325 e. The van der Waals surface area contributed by atoms with Crippen molar-refractivity contribution >= 4 is 0 Å². The van der Waals surface area contributed by atoms with Crippen LogP contribution in [0.5, 0.6) is 0 Å². The Morgan fingerprint density at radius 3 is 2.62 bits per heavy atom. The van der Waals surface area contributed by atoms with Crippen molar-refractivity contribution in [2.24, 2.45) is 17.6 Å². The molecule has 2 nitrogen and oxygen atoms in total. The quantitative estimate of drug-likeness (QED) is 0.665. The molecule has 1 saturated heterocycles. The number of hydrogen-bond acceptors (Lipinski definition) is 2. The highest BCUT2D eigenvalue weighted by Crippen LogP contribution is 2.43. The number of nitrogens with two attached hydrogens (primary N) is 1. The third kappa shape index (κ3) is 1.75. The van der Waals surface area contributed by atoms with Crippen LogP contribution in [0, 0.1) is 11.8 Å². The molecule has 0 amide bonds. The first kappa shape index (κ1) is 9.47. The molecule has 1 saturated carbocycles. The highest BCUT2D eigenvalue weighted by Gasteiger charge is 2.45. The Morgan fingerprint density at radius 1 is 1.38 bits per heavy atom. The molecule has 0 spiro atoms. The Balaban J connectivity index is 1.92. The van der Waals surface area contributed by atoms with Crippen LogP contribution in [0.4, 0.5) is 0 Å². The lowest BCUT2D eigenvalue weighted by atomic mass is 9.61. The van der Waals surface area contributed by atoms with E-state index in [2.05, 4.69) is 18.9 Å². The molecule has 0 bridgehead atoms. The first-order valence-electron chi connectivity index (χ1n) is 5.57. The second-order valence-electron chi connectivity index (χ2n) is 5.35. The normalized spacial score (nSPS) is 47.3. The van der Waals surface area contributed by atoms with Crippen LogP contribution in [-0.4, -0.2) is 30.6 Å². The van der Waals surface area contributed by atoms with Gasteiger partial charge in [0.15, 0.2) is 0 Å². The van der Waals surface area contributed by atoms with E-state index in [0.29, 0.717) is 0 Å². The van der Waals surface area contributed by atoms with Gasteiger partial charge in [-0.2, -0.15) is 0 Å². The average Bonchev–Trinajstić information content (AvgIpc) is 2.02. The van der Waals surface area contributed by atoms with Crippen LogP contribution in [0.2, 0.25) is 0 Å². The largest absolute Gasteiger partial charge is 0.325 e. The molecule has 2 heteroatoms. The van der Waals surface area contributed by atoms with Gasteiger partial charge in [0.2, 0.25) is 0 Å². The van der Waals surface area contributed by atoms with Crippen molar-refractivity contribution in [3.8, 4) is 0 Å². The Labute approximate surface area is 81.5 Å². The molecule has 1 aliphatic heterocycles. The summed E-state index contributed by atoms with van der Waals surface area (Å²) in [5, 5.41) is 0. The molecule has 0 aromatic carbocycles. The molecule has 0 aromatic heterocycles. The van der Waals surface area contributed by atoms with Gasteiger partial charge in [0.1, 0.15) is 0 Å². The SMILES string of the molecule is CC1CC(N)(C2CCCN(C)C2)C1. The van der Waals surface area contributed by atoms with Crippen LogP contribution in [0.1, 0.15) is 32.6 Å². The van der Waals surface area contributed by atoms with Gasteiger partial charge in [-0.3, -0.25) is 0 Å². The lowest BCUT2D eigenvalue weighted by Crippen LogP contribution is -2.60. The van der Waals surface area contributed by atoms with Crippen molar-refractivity contribution < 1.29 is 0 Å². The molecule has 0 radical (unpaired) electrons. The van der Waals surface area contributed by atoms with E-state index in [9.17, 15) is 0 Å². The van der Waals surface area contributed by atoms with Crippen LogP contribution >= 0.6 is 0 Å². The van der Waals surface area contributed by atoms with E-state index in [0.717, 1.165) is 11.8 Å². The first-order valence-corrected chi connectivity index (χ1v) is 5.57. The second kappa shape index (κ2) is 3.25. The Kier molecular flexibility index (Phi) is 2.37. The smallest absolute Gasteiger partial charge is 0.0200 e. The second-order valence-corrected chi connectivity index (χ2v) is 5.35. The molecule has 1 aliphatic carbocycles. The van der Waals surface area contributed by atoms with Gasteiger partial charge < -0.3 is 10.6 Å². The molecule has 1 atom stereocenters. The van der Waals surface area contributed by atoms with Gasteiger partial charge in [0.05, 0.1) is 0 Å². The van der Waals surface area contributed by atoms with Crippen molar-refractivity contribution in [2.75, 3.05) is 20.1 Å². The summed E-state index contributed by atoms with van der Waals surface area (Å²) in [5.41, 5.74) is 6.61. The third-order valence-electron chi connectivity index (χ3n) is 3.89. The van der Waals surface area contributed by atoms with Crippen LogP contribution in [-0.2, 0) is 0 Å². The zero-order chi connectivity index (χ0) is 9.47. The van der Waals surface area contributed by atoms with E-state index < -0.39 is 0 Å². The van der Waals surface area contributed by atoms with Crippen LogP contribution in [0.25, 0.3) is 0 Å². The highest BCUT2D eigenvalue weighted by atomic mass is 15.1. The number of nitrogens with zero attached hydrogens (tertiary/aromatic N) is 1. The maximum Gasteiger partial charge on any atom is 0.0200 e. The summed E-state index contributed by atoms with van der Waals surface area (Å²) in [4.78, 5) is 2.44. The fourth-order valence-electron chi connectivity index (χ4n) is 3.21. The molecule has 2 fully saturated rings. The molecule has 13 heavy (non-hydrogen) atoms.